The first-order valence-electron chi connectivity index (χ1n) is 14.4. The topological polar surface area (TPSA) is 91.5 Å². The lowest BCUT2D eigenvalue weighted by molar-refractivity contribution is 0.0993. The van der Waals surface area contributed by atoms with Gasteiger partial charge in [0.25, 0.3) is 11.5 Å². The molecule has 0 aliphatic carbocycles. The van der Waals surface area contributed by atoms with Crippen LogP contribution in [0, 0.1) is 0 Å². The van der Waals surface area contributed by atoms with E-state index in [0.29, 0.717) is 27.7 Å². The molecule has 1 aromatic carbocycles. The van der Waals surface area contributed by atoms with Gasteiger partial charge in [0, 0.05) is 30.5 Å². The van der Waals surface area contributed by atoms with Gasteiger partial charge in [-0.25, -0.2) is 4.98 Å². The molecule has 196 valence electrons. The molecule has 4 aromatic rings. The number of ether oxygens (including phenoxy) is 2. The Bertz CT molecular complexity index is 1790. The highest BCUT2D eigenvalue weighted by molar-refractivity contribution is 6.31. The van der Waals surface area contributed by atoms with Crippen molar-refractivity contribution in [3.05, 3.63) is 86.0 Å². The van der Waals surface area contributed by atoms with E-state index < -0.39 is 43.5 Å². The first-order chi connectivity index (χ1) is 20.4. The van der Waals surface area contributed by atoms with Crippen LogP contribution in [-0.4, -0.2) is 39.1 Å². The normalized spacial score (nSPS) is 17.8. The predicted octanol–water partition coefficient (Wildman–Crippen LogP) is 5.30. The number of hydrogen-bond donors (Lipinski definition) is 0. The number of pyridine rings is 1. The predicted molar refractivity (Wildman–Crippen MR) is 146 cm³/mol. The third-order valence-electron chi connectivity index (χ3n) is 6.34. The van der Waals surface area contributed by atoms with Crippen molar-refractivity contribution in [2.24, 2.45) is 7.05 Å². The largest absolute Gasteiger partial charge is 0.480 e. The van der Waals surface area contributed by atoms with Crippen LogP contribution in [0.5, 0.6) is 11.9 Å². The van der Waals surface area contributed by atoms with Crippen LogP contribution >= 0.6 is 23.2 Å². The number of amides is 1. The van der Waals surface area contributed by atoms with Gasteiger partial charge in [-0.3, -0.25) is 14.5 Å². The highest BCUT2D eigenvalue weighted by atomic mass is 35.5. The van der Waals surface area contributed by atoms with Crippen LogP contribution in [-0.2, 0) is 7.05 Å². The van der Waals surface area contributed by atoms with Crippen LogP contribution < -0.4 is 19.9 Å². The summed E-state index contributed by atoms with van der Waals surface area (Å²) in [6, 6.07) is 8.27. The Kier molecular flexibility index (Phi) is 4.98. The van der Waals surface area contributed by atoms with E-state index >= 15 is 0 Å². The second kappa shape index (κ2) is 9.81. The second-order valence-corrected chi connectivity index (χ2v) is 9.80. The van der Waals surface area contributed by atoms with Gasteiger partial charge >= 0.3 is 6.01 Å². The number of halogens is 2. The summed E-state index contributed by atoms with van der Waals surface area (Å²) in [5.74, 6) is -0.883. The fourth-order valence-corrected chi connectivity index (χ4v) is 5.15. The van der Waals surface area contributed by atoms with E-state index in [1.807, 2.05) is 18.4 Å². The van der Waals surface area contributed by atoms with Crippen molar-refractivity contribution >= 4 is 34.8 Å². The average molecular weight is 560 g/mol. The molecule has 9 nitrogen and oxygen atoms in total. The van der Waals surface area contributed by atoms with Gasteiger partial charge in [-0.2, -0.15) is 4.98 Å². The molecule has 0 unspecified atom stereocenters. The van der Waals surface area contributed by atoms with Gasteiger partial charge in [-0.05, 0) is 43.7 Å². The molecule has 11 heteroatoms. The highest BCUT2D eigenvalue weighted by Gasteiger charge is 2.43. The fourth-order valence-electron chi connectivity index (χ4n) is 4.78. The standard InChI is InChI=1S/C27H25Cl2N5O4/c1-14(2)33-21(19-12-30-27(38-5)31-24(19)37-4)11-18-23(33)22(15-6-8-16(28)9-7-15)34(25(18)35)17-10-20(29)26(36)32(3)13-17/h6-14,22H,1-5H3/t22-/m1/s1/i4D3,5D3. The fraction of sp³-hybridized carbons (Fsp3) is 0.259. The summed E-state index contributed by atoms with van der Waals surface area (Å²) in [7, 11) is -4.33. The molecule has 1 aliphatic rings. The summed E-state index contributed by atoms with van der Waals surface area (Å²) in [6.07, 6.45) is 2.70. The van der Waals surface area contributed by atoms with E-state index in [0.717, 1.165) is 0 Å². The van der Waals surface area contributed by atoms with E-state index in [-0.39, 0.29) is 22.2 Å². The summed E-state index contributed by atoms with van der Waals surface area (Å²) in [5, 5.41) is 0.414. The van der Waals surface area contributed by atoms with Crippen molar-refractivity contribution in [2.45, 2.75) is 25.9 Å². The summed E-state index contributed by atoms with van der Waals surface area (Å²) in [5.41, 5.74) is 1.89. The minimum atomic E-state index is -2.96. The highest BCUT2D eigenvalue weighted by Crippen LogP contribution is 2.47. The lowest BCUT2D eigenvalue weighted by Crippen LogP contribution is -2.31. The van der Waals surface area contributed by atoms with Gasteiger partial charge in [-0.1, -0.05) is 35.3 Å². The number of fused-ring (bicyclic) bond motifs is 1. The lowest BCUT2D eigenvalue weighted by Gasteiger charge is -2.29. The molecular formula is C27H25Cl2N5O4. The Labute approximate surface area is 237 Å². The van der Waals surface area contributed by atoms with Crippen LogP contribution in [0.15, 0.2) is 53.6 Å². The first kappa shape index (κ1) is 19.3. The van der Waals surface area contributed by atoms with Crippen LogP contribution in [0.1, 0.15) is 55.8 Å². The molecule has 0 saturated carbocycles. The van der Waals surface area contributed by atoms with Crippen molar-refractivity contribution in [3.8, 4) is 23.1 Å². The van der Waals surface area contributed by atoms with Gasteiger partial charge in [0.2, 0.25) is 5.88 Å². The molecule has 1 amide bonds. The Hall–Kier alpha value is -3.82. The molecule has 4 heterocycles. The van der Waals surface area contributed by atoms with Crippen molar-refractivity contribution in [3.63, 3.8) is 0 Å². The van der Waals surface area contributed by atoms with E-state index in [4.69, 9.17) is 40.9 Å². The van der Waals surface area contributed by atoms with Crippen LogP contribution in [0.4, 0.5) is 5.69 Å². The van der Waals surface area contributed by atoms with Gasteiger partial charge in [0.15, 0.2) is 0 Å². The maximum absolute atomic E-state index is 14.2. The minimum Gasteiger partial charge on any atom is -0.480 e. The Morgan fingerprint density at radius 1 is 1.05 bits per heavy atom. The summed E-state index contributed by atoms with van der Waals surface area (Å²) in [6.45, 7) is 3.74. The molecule has 0 radical (unpaired) electrons. The number of hydrogen-bond acceptors (Lipinski definition) is 6. The molecular weight excluding hydrogens is 529 g/mol. The third kappa shape index (κ3) is 4.12. The summed E-state index contributed by atoms with van der Waals surface area (Å²) >= 11 is 12.4. The number of carbonyl (C=O) groups is 1. The molecule has 1 aliphatic heterocycles. The Balaban J connectivity index is 1.76. The number of methoxy groups -OCH3 is 2. The molecule has 5 rings (SSSR count). The average Bonchev–Trinajstić information content (AvgIpc) is 3.41. The van der Waals surface area contributed by atoms with Crippen molar-refractivity contribution in [2.75, 3.05) is 19.0 Å². The van der Waals surface area contributed by atoms with Gasteiger partial charge < -0.3 is 18.6 Å². The zero-order chi connectivity index (χ0) is 32.3. The van der Waals surface area contributed by atoms with Gasteiger partial charge in [0.05, 0.1) is 50.5 Å². The zero-order valence-electron chi connectivity index (χ0n) is 26.4. The summed E-state index contributed by atoms with van der Waals surface area (Å²) < 4.78 is 58.1. The van der Waals surface area contributed by atoms with Crippen LogP contribution in [0.2, 0.25) is 10.0 Å². The molecule has 3 aromatic heterocycles. The molecule has 0 fully saturated rings. The monoisotopic (exact) mass is 559 g/mol. The number of aryl methyl sites for hydroxylation is 1. The molecule has 0 spiro atoms. The second-order valence-electron chi connectivity index (χ2n) is 8.96. The minimum absolute atomic E-state index is 0.0698. The summed E-state index contributed by atoms with van der Waals surface area (Å²) in [4.78, 5) is 36.0. The number of aromatic nitrogens is 4. The smallest absolute Gasteiger partial charge is 0.319 e. The third-order valence-corrected chi connectivity index (χ3v) is 6.87. The number of rotatable bonds is 6. The van der Waals surface area contributed by atoms with E-state index in [1.165, 1.54) is 35.0 Å². The number of benzene rings is 1. The number of anilines is 1. The van der Waals surface area contributed by atoms with Crippen molar-refractivity contribution in [1.29, 1.82) is 0 Å². The van der Waals surface area contributed by atoms with Gasteiger partial charge in [0.1, 0.15) is 11.1 Å². The maximum atomic E-state index is 14.2. The molecule has 0 saturated heterocycles. The van der Waals surface area contributed by atoms with E-state index in [2.05, 4.69) is 9.97 Å². The Morgan fingerprint density at radius 3 is 2.45 bits per heavy atom. The Morgan fingerprint density at radius 2 is 1.79 bits per heavy atom. The molecule has 38 heavy (non-hydrogen) atoms. The molecule has 0 N–H and O–H groups in total. The van der Waals surface area contributed by atoms with Crippen molar-refractivity contribution in [1.82, 2.24) is 19.1 Å². The molecule has 0 bridgehead atoms. The number of nitrogens with zero attached hydrogens (tertiary/aromatic N) is 5. The van der Waals surface area contributed by atoms with Gasteiger partial charge in [-0.15, -0.1) is 0 Å². The van der Waals surface area contributed by atoms with Crippen LogP contribution in [0.25, 0.3) is 11.3 Å². The lowest BCUT2D eigenvalue weighted by atomic mass is 10.0. The van der Waals surface area contributed by atoms with Crippen molar-refractivity contribution < 1.29 is 22.5 Å². The zero-order valence-corrected chi connectivity index (χ0v) is 21.9. The van der Waals surface area contributed by atoms with E-state index in [1.54, 1.807) is 30.3 Å². The SMILES string of the molecule is [2H]C([2H])([2H])Oc1ncc(-c2cc3c(n2C(C)C)[C@@H](c2ccc(Cl)cc2)N(c2cc(Cl)c(=O)n(C)c2)C3=O)c(OC([2H])([2H])[2H])n1. The first-order valence-corrected chi connectivity index (χ1v) is 12.2. The maximum Gasteiger partial charge on any atom is 0.319 e. The number of carbonyl (C=O) groups excluding carboxylic acids is 1. The van der Waals surface area contributed by atoms with Crippen LogP contribution in [0.3, 0.4) is 0 Å². The quantitative estimate of drug-likeness (QED) is 0.318. The van der Waals surface area contributed by atoms with E-state index in [9.17, 15) is 9.59 Å². The molecule has 1 atom stereocenters.